The summed E-state index contributed by atoms with van der Waals surface area (Å²) in [5.41, 5.74) is 1.52. The van der Waals surface area contributed by atoms with E-state index in [2.05, 4.69) is 6.58 Å². The highest BCUT2D eigenvalue weighted by molar-refractivity contribution is 6.08. The van der Waals surface area contributed by atoms with Gasteiger partial charge in [-0.3, -0.25) is 14.4 Å². The summed E-state index contributed by atoms with van der Waals surface area (Å²) in [5, 5.41) is 55.9. The second-order valence-corrected chi connectivity index (χ2v) is 17.2. The lowest BCUT2D eigenvalue weighted by molar-refractivity contribution is -0.206. The van der Waals surface area contributed by atoms with E-state index >= 15 is 0 Å². The number of fused-ring (bicyclic) bond motifs is 1. The van der Waals surface area contributed by atoms with E-state index in [4.69, 9.17) is 18.9 Å². The second kappa shape index (κ2) is 22.7. The summed E-state index contributed by atoms with van der Waals surface area (Å²) in [7, 11) is 4.35. The van der Waals surface area contributed by atoms with E-state index in [-0.39, 0.29) is 49.5 Å². The van der Waals surface area contributed by atoms with Crippen molar-refractivity contribution in [3.05, 3.63) is 36.0 Å². The standard InChI is InChI=1S/C44H71NO13/c1-10-13-31-19-25(2)18-26(3)20-37(56-8)39(49)38(57-9)22-28(5)41(50)44(53,54)43(52)45-17-12-11-14-32(45)42(51)58-40(29(6)34(47)24-35(31)48)27(4)21-30-15-16-33(46)36(23-30)55-7/h10,19,21,26,28-34,36-40,46-47,49,53-54H,1,11-18,20,22-24H2,2-9H3/b25-19+,27-21+/t26-,28+,29+,30-,31+,32-,33+,34-,36+,37-,38-,39-,40+/m0/s1. The highest BCUT2D eigenvalue weighted by Crippen LogP contribution is 2.33. The molecular formula is C44H71NO13. The van der Waals surface area contributed by atoms with E-state index in [0.29, 0.717) is 56.9 Å². The zero-order valence-corrected chi connectivity index (χ0v) is 35.9. The number of allylic oxidation sites excluding steroid dienone is 4. The first-order valence-electron chi connectivity index (χ1n) is 20.9. The number of hydrogen-bond donors (Lipinski definition) is 5. The number of hydrogen-bond acceptors (Lipinski definition) is 13. The molecule has 3 rings (SSSR count). The topological polar surface area (TPSA) is 210 Å². The van der Waals surface area contributed by atoms with Crippen LogP contribution in [0.25, 0.3) is 0 Å². The van der Waals surface area contributed by atoms with Gasteiger partial charge < -0.3 is 49.4 Å². The molecule has 0 bridgehead atoms. The molecule has 2 heterocycles. The molecule has 1 saturated heterocycles. The first-order valence-corrected chi connectivity index (χ1v) is 20.9. The molecule has 1 saturated carbocycles. The maximum Gasteiger partial charge on any atom is 0.329 e. The minimum atomic E-state index is -3.50. The summed E-state index contributed by atoms with van der Waals surface area (Å²) >= 11 is 0. The van der Waals surface area contributed by atoms with Crippen LogP contribution in [0.3, 0.4) is 0 Å². The van der Waals surface area contributed by atoms with Crippen LogP contribution in [-0.2, 0) is 38.1 Å². The van der Waals surface area contributed by atoms with Gasteiger partial charge in [0.25, 0.3) is 5.91 Å². The van der Waals surface area contributed by atoms with E-state index in [1.807, 2.05) is 26.0 Å². The highest BCUT2D eigenvalue weighted by Gasteiger charge is 2.51. The lowest BCUT2D eigenvalue weighted by atomic mass is 9.81. The number of ether oxygens (including phenoxy) is 4. The molecule has 3 aliphatic rings. The number of ketones is 2. The average Bonchev–Trinajstić information content (AvgIpc) is 3.19. The van der Waals surface area contributed by atoms with Gasteiger partial charge in [0.15, 0.2) is 0 Å². The van der Waals surface area contributed by atoms with Gasteiger partial charge in [0.2, 0.25) is 5.78 Å². The van der Waals surface area contributed by atoms with Crippen molar-refractivity contribution in [2.45, 2.75) is 160 Å². The zero-order valence-electron chi connectivity index (χ0n) is 35.9. The molecule has 0 aromatic heterocycles. The van der Waals surface area contributed by atoms with Crippen LogP contribution in [0.5, 0.6) is 0 Å². The second-order valence-electron chi connectivity index (χ2n) is 17.2. The number of esters is 1. The van der Waals surface area contributed by atoms with E-state index < -0.39 is 83.9 Å². The molecule has 330 valence electrons. The molecule has 13 atom stereocenters. The number of carbonyl (C=O) groups is 4. The number of aliphatic hydroxyl groups is 5. The molecule has 58 heavy (non-hydrogen) atoms. The quantitative estimate of drug-likeness (QED) is 0.108. The van der Waals surface area contributed by atoms with Gasteiger partial charge in [0.1, 0.15) is 24.0 Å². The van der Waals surface area contributed by atoms with E-state index in [9.17, 15) is 44.7 Å². The Kier molecular flexibility index (Phi) is 19.4. The molecule has 0 aromatic carbocycles. The van der Waals surface area contributed by atoms with Crippen molar-refractivity contribution in [2.24, 2.45) is 29.6 Å². The van der Waals surface area contributed by atoms with Gasteiger partial charge in [-0.1, -0.05) is 44.6 Å². The van der Waals surface area contributed by atoms with Crippen molar-refractivity contribution in [2.75, 3.05) is 27.9 Å². The molecule has 14 heteroatoms. The fraction of sp³-hybridized carbons (Fsp3) is 0.773. The molecule has 2 fully saturated rings. The van der Waals surface area contributed by atoms with Crippen LogP contribution < -0.4 is 0 Å². The number of carbonyl (C=O) groups excluding carboxylic acids is 4. The van der Waals surface area contributed by atoms with Crippen LogP contribution in [0.2, 0.25) is 0 Å². The largest absolute Gasteiger partial charge is 0.456 e. The van der Waals surface area contributed by atoms with Gasteiger partial charge in [0, 0.05) is 52.0 Å². The number of nitrogens with zero attached hydrogens (tertiary/aromatic N) is 1. The summed E-state index contributed by atoms with van der Waals surface area (Å²) in [6.45, 7) is 12.6. The molecule has 5 N–H and O–H groups in total. The van der Waals surface area contributed by atoms with Crippen LogP contribution in [0.4, 0.5) is 0 Å². The fourth-order valence-corrected chi connectivity index (χ4v) is 9.01. The number of piperidine rings is 1. The summed E-state index contributed by atoms with van der Waals surface area (Å²) in [6.07, 6.45) is 2.82. The Hall–Kier alpha value is -2.82. The van der Waals surface area contributed by atoms with Crippen LogP contribution in [-0.4, -0.2) is 136 Å². The van der Waals surface area contributed by atoms with Crippen LogP contribution in [0.15, 0.2) is 36.0 Å². The van der Waals surface area contributed by atoms with E-state index in [0.717, 1.165) is 10.5 Å². The molecular weight excluding hydrogens is 750 g/mol. The predicted octanol–water partition coefficient (Wildman–Crippen LogP) is 3.59. The van der Waals surface area contributed by atoms with Gasteiger partial charge in [-0.2, -0.15) is 0 Å². The normalized spacial score (nSPS) is 38.3. The summed E-state index contributed by atoms with van der Waals surface area (Å²) < 4.78 is 22.9. The number of aliphatic hydroxyl groups excluding tert-OH is 3. The maximum atomic E-state index is 14.2. The third kappa shape index (κ3) is 12.8. The van der Waals surface area contributed by atoms with Gasteiger partial charge in [-0.05, 0) is 95.5 Å². The highest BCUT2D eigenvalue weighted by atomic mass is 16.6. The SMILES string of the molecule is C=CC[C@@H]1/C=C(\C)C[C@H](C)C[C@H](OC)[C@H](O)[C@@H](OC)C[C@@H](C)C(=O)C(O)(O)C(=O)N2CCCC[C@H]2C(=O)O[C@H](/C(C)=C/[C@@H]2CC[C@@H](O)[C@H](OC)C2)[C@H](C)[C@@H](O)CC1=O. The van der Waals surface area contributed by atoms with Crippen molar-refractivity contribution in [3.8, 4) is 0 Å². The van der Waals surface area contributed by atoms with E-state index in [1.54, 1.807) is 19.9 Å². The average molecular weight is 822 g/mol. The van der Waals surface area contributed by atoms with Gasteiger partial charge in [-0.15, -0.1) is 6.58 Å². The minimum absolute atomic E-state index is 0.0337. The smallest absolute Gasteiger partial charge is 0.329 e. The Morgan fingerprint density at radius 1 is 0.897 bits per heavy atom. The summed E-state index contributed by atoms with van der Waals surface area (Å²) in [4.78, 5) is 56.6. The molecule has 0 aromatic rings. The number of amides is 1. The van der Waals surface area contributed by atoms with Gasteiger partial charge in [0.05, 0.1) is 30.5 Å². The van der Waals surface area contributed by atoms with Crippen molar-refractivity contribution in [3.63, 3.8) is 0 Å². The maximum absolute atomic E-state index is 14.2. The summed E-state index contributed by atoms with van der Waals surface area (Å²) in [5.74, 6) is -9.80. The molecule has 1 aliphatic carbocycles. The molecule has 2 aliphatic heterocycles. The molecule has 14 nitrogen and oxygen atoms in total. The van der Waals surface area contributed by atoms with Crippen molar-refractivity contribution in [1.29, 1.82) is 0 Å². The Balaban J connectivity index is 2.10. The number of rotatable bonds is 7. The van der Waals surface area contributed by atoms with Crippen molar-refractivity contribution < 1.29 is 63.7 Å². The first kappa shape index (κ1) is 49.5. The minimum Gasteiger partial charge on any atom is -0.456 e. The number of cyclic esters (lactones) is 1. The number of Topliss-reactive ketones (excluding diaryl/α,β-unsaturated/α-hetero) is 2. The van der Waals surface area contributed by atoms with Crippen LogP contribution >= 0.6 is 0 Å². The number of methoxy groups -OCH3 is 3. The Bertz CT molecular complexity index is 1460. The lowest BCUT2D eigenvalue weighted by Gasteiger charge is -2.39. The molecule has 0 unspecified atom stereocenters. The van der Waals surface area contributed by atoms with Gasteiger partial charge in [-0.25, -0.2) is 4.79 Å². The Morgan fingerprint density at radius 2 is 1.53 bits per heavy atom. The third-order valence-corrected chi connectivity index (χ3v) is 12.5. The monoisotopic (exact) mass is 821 g/mol. The third-order valence-electron chi connectivity index (χ3n) is 12.5. The van der Waals surface area contributed by atoms with Gasteiger partial charge >= 0.3 is 11.8 Å². The predicted molar refractivity (Wildman–Crippen MR) is 216 cm³/mol. The van der Waals surface area contributed by atoms with E-state index in [1.165, 1.54) is 28.3 Å². The molecule has 1 amide bonds. The summed E-state index contributed by atoms with van der Waals surface area (Å²) in [6, 6.07) is -1.28. The van der Waals surface area contributed by atoms with Crippen LogP contribution in [0, 0.1) is 29.6 Å². The van der Waals surface area contributed by atoms with Crippen molar-refractivity contribution >= 4 is 23.4 Å². The molecule has 0 spiro atoms. The zero-order chi connectivity index (χ0) is 43.5. The van der Waals surface area contributed by atoms with Crippen LogP contribution in [0.1, 0.15) is 105 Å². The molecule has 0 radical (unpaired) electrons. The Morgan fingerprint density at radius 3 is 2.16 bits per heavy atom. The lowest BCUT2D eigenvalue weighted by Crippen LogP contribution is -2.61. The van der Waals surface area contributed by atoms with Crippen molar-refractivity contribution in [1.82, 2.24) is 4.90 Å². The fourth-order valence-electron chi connectivity index (χ4n) is 9.01. The Labute approximate surface area is 344 Å². The first-order chi connectivity index (χ1) is 27.3.